The van der Waals surface area contributed by atoms with E-state index in [0.717, 1.165) is 0 Å². The summed E-state index contributed by atoms with van der Waals surface area (Å²) in [7, 11) is 0. The first-order valence-corrected chi connectivity index (χ1v) is 5.45. The van der Waals surface area contributed by atoms with E-state index in [1.54, 1.807) is 11.3 Å². The van der Waals surface area contributed by atoms with Gasteiger partial charge in [-0.3, -0.25) is 0 Å². The van der Waals surface area contributed by atoms with E-state index in [0.29, 0.717) is 12.5 Å². The summed E-state index contributed by atoms with van der Waals surface area (Å²) in [5.41, 5.74) is 5.78. The number of hydrogen-bond acceptors (Lipinski definition) is 3. The molecule has 0 saturated heterocycles. The van der Waals surface area contributed by atoms with Gasteiger partial charge in [0.2, 0.25) is 0 Å². The monoisotopic (exact) mass is 198 g/mol. The molecule has 0 radical (unpaired) electrons. The Labute approximate surface area is 84.2 Å². The molecule has 0 amide bonds. The van der Waals surface area contributed by atoms with Crippen molar-refractivity contribution in [3.05, 3.63) is 16.1 Å². The minimum atomic E-state index is 0.0742. The van der Waals surface area contributed by atoms with E-state index in [1.807, 2.05) is 6.20 Å². The zero-order chi connectivity index (χ0) is 10.1. The van der Waals surface area contributed by atoms with Crippen LogP contribution in [0.15, 0.2) is 6.20 Å². The van der Waals surface area contributed by atoms with Gasteiger partial charge in [-0.15, -0.1) is 11.3 Å². The molecule has 0 aromatic carbocycles. The fourth-order valence-corrected chi connectivity index (χ4v) is 2.00. The SMILES string of the molecule is CC(C)c1ncc(C(C)(C)CN)s1. The molecule has 0 bridgehead atoms. The molecular weight excluding hydrogens is 180 g/mol. The lowest BCUT2D eigenvalue weighted by molar-refractivity contribution is 0.549. The van der Waals surface area contributed by atoms with E-state index in [2.05, 4.69) is 32.7 Å². The van der Waals surface area contributed by atoms with E-state index < -0.39 is 0 Å². The second-order valence-corrected chi connectivity index (χ2v) is 5.37. The molecule has 0 spiro atoms. The summed E-state index contributed by atoms with van der Waals surface area (Å²) >= 11 is 1.78. The first kappa shape index (κ1) is 10.7. The predicted molar refractivity (Wildman–Crippen MR) is 58.3 cm³/mol. The molecule has 2 N–H and O–H groups in total. The van der Waals surface area contributed by atoms with Gasteiger partial charge in [0.05, 0.1) is 5.01 Å². The molecule has 0 aliphatic rings. The third kappa shape index (κ3) is 2.29. The molecule has 0 fully saturated rings. The van der Waals surface area contributed by atoms with Crippen LogP contribution < -0.4 is 5.73 Å². The first-order valence-electron chi connectivity index (χ1n) is 4.63. The Balaban J connectivity index is 2.91. The van der Waals surface area contributed by atoms with E-state index in [-0.39, 0.29) is 5.41 Å². The number of rotatable bonds is 3. The van der Waals surface area contributed by atoms with Gasteiger partial charge in [0.1, 0.15) is 0 Å². The molecule has 2 nitrogen and oxygen atoms in total. The Kier molecular flexibility index (Phi) is 3.09. The standard InChI is InChI=1S/C10H18N2S/c1-7(2)9-12-5-8(13-9)10(3,4)6-11/h5,7H,6,11H2,1-4H3. The van der Waals surface area contributed by atoms with Crippen molar-refractivity contribution in [2.75, 3.05) is 6.54 Å². The zero-order valence-corrected chi connectivity index (χ0v) is 9.61. The van der Waals surface area contributed by atoms with Crippen molar-refractivity contribution in [2.45, 2.75) is 39.0 Å². The van der Waals surface area contributed by atoms with Crippen molar-refractivity contribution in [3.63, 3.8) is 0 Å². The van der Waals surface area contributed by atoms with Gasteiger partial charge in [0, 0.05) is 29.0 Å². The van der Waals surface area contributed by atoms with Crippen LogP contribution in [0.25, 0.3) is 0 Å². The molecule has 0 aliphatic heterocycles. The third-order valence-electron chi connectivity index (χ3n) is 2.19. The molecule has 3 heteroatoms. The smallest absolute Gasteiger partial charge is 0.0953 e. The Bertz CT molecular complexity index is 276. The number of hydrogen-bond donors (Lipinski definition) is 1. The van der Waals surface area contributed by atoms with Gasteiger partial charge in [-0.05, 0) is 0 Å². The summed E-state index contributed by atoms with van der Waals surface area (Å²) in [5.74, 6) is 0.521. The summed E-state index contributed by atoms with van der Waals surface area (Å²) in [6.45, 7) is 9.32. The molecular formula is C10H18N2S. The van der Waals surface area contributed by atoms with Crippen LogP contribution in [0.4, 0.5) is 0 Å². The summed E-state index contributed by atoms with van der Waals surface area (Å²) < 4.78 is 0. The van der Waals surface area contributed by atoms with Gasteiger partial charge in [0.15, 0.2) is 0 Å². The van der Waals surface area contributed by atoms with Crippen LogP contribution in [-0.2, 0) is 5.41 Å². The average molecular weight is 198 g/mol. The van der Waals surface area contributed by atoms with Crippen LogP contribution in [0, 0.1) is 0 Å². The Morgan fingerprint density at radius 3 is 2.54 bits per heavy atom. The fourth-order valence-electron chi connectivity index (χ4n) is 0.968. The van der Waals surface area contributed by atoms with E-state index in [9.17, 15) is 0 Å². The van der Waals surface area contributed by atoms with Gasteiger partial charge in [-0.1, -0.05) is 27.7 Å². The highest BCUT2D eigenvalue weighted by atomic mass is 32.1. The number of nitrogens with zero attached hydrogens (tertiary/aromatic N) is 1. The molecule has 74 valence electrons. The third-order valence-corrected chi connectivity index (χ3v) is 3.86. The van der Waals surface area contributed by atoms with Crippen LogP contribution in [0.3, 0.4) is 0 Å². The van der Waals surface area contributed by atoms with Crippen LogP contribution in [-0.4, -0.2) is 11.5 Å². The molecule has 1 rings (SSSR count). The molecule has 13 heavy (non-hydrogen) atoms. The Morgan fingerprint density at radius 2 is 2.15 bits per heavy atom. The minimum absolute atomic E-state index is 0.0742. The van der Waals surface area contributed by atoms with Gasteiger partial charge in [0.25, 0.3) is 0 Å². The minimum Gasteiger partial charge on any atom is -0.330 e. The largest absolute Gasteiger partial charge is 0.330 e. The van der Waals surface area contributed by atoms with Gasteiger partial charge in [-0.25, -0.2) is 4.98 Å². The van der Waals surface area contributed by atoms with Gasteiger partial charge < -0.3 is 5.73 Å². The van der Waals surface area contributed by atoms with Gasteiger partial charge in [-0.2, -0.15) is 0 Å². The maximum Gasteiger partial charge on any atom is 0.0953 e. The zero-order valence-electron chi connectivity index (χ0n) is 8.79. The Morgan fingerprint density at radius 1 is 1.54 bits per heavy atom. The van der Waals surface area contributed by atoms with Crippen LogP contribution in [0.2, 0.25) is 0 Å². The second kappa shape index (κ2) is 3.76. The molecule has 0 atom stereocenters. The lowest BCUT2D eigenvalue weighted by Crippen LogP contribution is -2.26. The maximum absolute atomic E-state index is 5.70. The highest BCUT2D eigenvalue weighted by Gasteiger charge is 2.21. The second-order valence-electron chi connectivity index (χ2n) is 4.31. The van der Waals surface area contributed by atoms with E-state index >= 15 is 0 Å². The normalized spacial score (nSPS) is 12.5. The molecule has 0 unspecified atom stereocenters. The number of thiazole rings is 1. The quantitative estimate of drug-likeness (QED) is 0.810. The lowest BCUT2D eigenvalue weighted by atomic mass is 9.93. The number of aromatic nitrogens is 1. The molecule has 0 saturated carbocycles. The summed E-state index contributed by atoms with van der Waals surface area (Å²) in [6.07, 6.45) is 1.97. The van der Waals surface area contributed by atoms with Crippen molar-refractivity contribution in [1.82, 2.24) is 4.98 Å². The summed E-state index contributed by atoms with van der Waals surface area (Å²) in [6, 6.07) is 0. The summed E-state index contributed by atoms with van der Waals surface area (Å²) in [5, 5.41) is 1.21. The summed E-state index contributed by atoms with van der Waals surface area (Å²) in [4.78, 5) is 5.68. The van der Waals surface area contributed by atoms with Crippen molar-refractivity contribution < 1.29 is 0 Å². The van der Waals surface area contributed by atoms with Crippen LogP contribution >= 0.6 is 11.3 Å². The lowest BCUT2D eigenvalue weighted by Gasteiger charge is -2.19. The van der Waals surface area contributed by atoms with Crippen LogP contribution in [0.1, 0.15) is 43.5 Å². The fraction of sp³-hybridized carbons (Fsp3) is 0.700. The number of nitrogens with two attached hydrogens (primary N) is 1. The van der Waals surface area contributed by atoms with Crippen LogP contribution in [0.5, 0.6) is 0 Å². The van der Waals surface area contributed by atoms with E-state index in [1.165, 1.54) is 9.88 Å². The molecule has 0 aliphatic carbocycles. The van der Waals surface area contributed by atoms with Crippen molar-refractivity contribution in [1.29, 1.82) is 0 Å². The molecule has 1 heterocycles. The average Bonchev–Trinajstić information content (AvgIpc) is 2.52. The van der Waals surface area contributed by atoms with Gasteiger partial charge >= 0.3 is 0 Å². The predicted octanol–water partition coefficient (Wildman–Crippen LogP) is 2.50. The highest BCUT2D eigenvalue weighted by molar-refractivity contribution is 7.11. The van der Waals surface area contributed by atoms with Crippen molar-refractivity contribution >= 4 is 11.3 Å². The van der Waals surface area contributed by atoms with Crippen molar-refractivity contribution in [3.8, 4) is 0 Å². The first-order chi connectivity index (χ1) is 5.97. The molecule has 1 aromatic rings. The molecule has 1 aromatic heterocycles. The van der Waals surface area contributed by atoms with E-state index in [4.69, 9.17) is 5.73 Å². The van der Waals surface area contributed by atoms with Crippen molar-refractivity contribution in [2.24, 2.45) is 5.73 Å². The Hall–Kier alpha value is -0.410. The highest BCUT2D eigenvalue weighted by Crippen LogP contribution is 2.30. The maximum atomic E-state index is 5.70. The topological polar surface area (TPSA) is 38.9 Å².